The molecule has 5 heteroatoms. The van der Waals surface area contributed by atoms with Crippen molar-refractivity contribution in [3.05, 3.63) is 34.3 Å². The first-order valence-corrected chi connectivity index (χ1v) is 6.18. The number of rotatable bonds is 3. The molecule has 1 aromatic carbocycles. The van der Waals surface area contributed by atoms with E-state index in [-0.39, 0.29) is 0 Å². The Morgan fingerprint density at radius 3 is 3.06 bits per heavy atom. The first kappa shape index (κ1) is 10.4. The number of aromatic nitrogens is 1. The zero-order valence-corrected chi connectivity index (χ0v) is 10.2. The highest BCUT2D eigenvalue weighted by Crippen LogP contribution is 2.34. The normalized spacial score (nSPS) is 12.8. The number of hydrogen-bond donors (Lipinski definition) is 1. The summed E-state index contributed by atoms with van der Waals surface area (Å²) >= 11 is 1.70. The lowest BCUT2D eigenvalue weighted by Gasteiger charge is -2.05. The van der Waals surface area contributed by atoms with Gasteiger partial charge in [0.1, 0.15) is 0 Å². The fraction of sp³-hybridized carbons (Fsp3) is 0.250. The minimum atomic E-state index is 0.312. The zero-order chi connectivity index (χ0) is 11.7. The van der Waals surface area contributed by atoms with E-state index in [0.717, 1.165) is 28.7 Å². The molecular weight excluding hydrogens is 236 g/mol. The molecule has 1 aliphatic heterocycles. The van der Waals surface area contributed by atoms with Gasteiger partial charge in [-0.2, -0.15) is 0 Å². The monoisotopic (exact) mass is 248 g/mol. The van der Waals surface area contributed by atoms with Crippen molar-refractivity contribution >= 4 is 17.0 Å². The minimum absolute atomic E-state index is 0.312. The van der Waals surface area contributed by atoms with Crippen LogP contribution >= 0.6 is 11.3 Å². The van der Waals surface area contributed by atoms with Crippen molar-refractivity contribution in [1.29, 1.82) is 0 Å². The van der Waals surface area contributed by atoms with Crippen LogP contribution in [-0.2, 0) is 6.54 Å². The van der Waals surface area contributed by atoms with Crippen molar-refractivity contribution in [1.82, 2.24) is 4.98 Å². The topological polar surface area (TPSA) is 43.4 Å². The summed E-state index contributed by atoms with van der Waals surface area (Å²) in [6.45, 7) is 3.10. The number of benzene rings is 1. The second-order valence-corrected chi connectivity index (χ2v) is 5.09. The van der Waals surface area contributed by atoms with Crippen molar-refractivity contribution < 1.29 is 9.47 Å². The molecule has 1 aliphatic rings. The van der Waals surface area contributed by atoms with E-state index in [1.807, 2.05) is 31.3 Å². The van der Waals surface area contributed by atoms with Gasteiger partial charge in [-0.25, -0.2) is 4.98 Å². The Morgan fingerprint density at radius 1 is 1.35 bits per heavy atom. The van der Waals surface area contributed by atoms with Crippen molar-refractivity contribution in [2.45, 2.75) is 13.5 Å². The van der Waals surface area contributed by atoms with Gasteiger partial charge in [0.2, 0.25) is 6.79 Å². The van der Waals surface area contributed by atoms with Crippen molar-refractivity contribution in [3.63, 3.8) is 0 Å². The van der Waals surface area contributed by atoms with E-state index in [9.17, 15) is 0 Å². The van der Waals surface area contributed by atoms with Crippen LogP contribution in [0.2, 0.25) is 0 Å². The van der Waals surface area contributed by atoms with Crippen molar-refractivity contribution in [2.75, 3.05) is 12.1 Å². The Hall–Kier alpha value is -1.75. The molecule has 0 atom stereocenters. The van der Waals surface area contributed by atoms with E-state index in [4.69, 9.17) is 9.47 Å². The van der Waals surface area contributed by atoms with E-state index in [2.05, 4.69) is 10.3 Å². The van der Waals surface area contributed by atoms with Gasteiger partial charge in [-0.1, -0.05) is 0 Å². The lowest BCUT2D eigenvalue weighted by atomic mass is 10.3. The molecular formula is C12H12N2O2S. The van der Waals surface area contributed by atoms with Crippen LogP contribution in [0.25, 0.3) is 0 Å². The number of ether oxygens (including phenoxy) is 2. The summed E-state index contributed by atoms with van der Waals surface area (Å²) in [5, 5.41) is 4.43. The third-order valence-corrected chi connectivity index (χ3v) is 3.42. The molecule has 0 aliphatic carbocycles. The Kier molecular flexibility index (Phi) is 2.60. The molecule has 17 heavy (non-hydrogen) atoms. The van der Waals surface area contributed by atoms with Gasteiger partial charge in [0.05, 0.1) is 11.6 Å². The molecule has 0 unspecified atom stereocenters. The molecule has 0 spiro atoms. The van der Waals surface area contributed by atoms with Gasteiger partial charge >= 0.3 is 0 Å². The van der Waals surface area contributed by atoms with E-state index in [1.54, 1.807) is 11.3 Å². The largest absolute Gasteiger partial charge is 0.454 e. The van der Waals surface area contributed by atoms with Crippen LogP contribution in [0.5, 0.6) is 11.5 Å². The summed E-state index contributed by atoms with van der Waals surface area (Å²) in [5.74, 6) is 1.61. The minimum Gasteiger partial charge on any atom is -0.454 e. The lowest BCUT2D eigenvalue weighted by molar-refractivity contribution is 0.174. The predicted molar refractivity (Wildman–Crippen MR) is 66.7 cm³/mol. The summed E-state index contributed by atoms with van der Waals surface area (Å²) in [4.78, 5) is 5.44. The number of aryl methyl sites for hydroxylation is 1. The highest BCUT2D eigenvalue weighted by Gasteiger charge is 2.12. The smallest absolute Gasteiger partial charge is 0.231 e. The summed E-state index contributed by atoms with van der Waals surface area (Å²) in [5.41, 5.74) is 1.03. The Bertz CT molecular complexity index is 539. The molecule has 1 aromatic heterocycles. The summed E-state index contributed by atoms with van der Waals surface area (Å²) < 4.78 is 10.6. The Morgan fingerprint density at radius 2 is 2.24 bits per heavy atom. The third-order valence-electron chi connectivity index (χ3n) is 2.51. The van der Waals surface area contributed by atoms with Crippen LogP contribution < -0.4 is 14.8 Å². The molecule has 2 heterocycles. The molecule has 3 rings (SSSR count). The number of hydrogen-bond acceptors (Lipinski definition) is 5. The molecule has 2 aromatic rings. The van der Waals surface area contributed by atoms with Crippen LogP contribution in [-0.4, -0.2) is 11.8 Å². The highest BCUT2D eigenvalue weighted by molar-refractivity contribution is 7.11. The van der Waals surface area contributed by atoms with Gasteiger partial charge in [0.25, 0.3) is 0 Å². The summed E-state index contributed by atoms with van der Waals surface area (Å²) in [6, 6.07) is 5.86. The van der Waals surface area contributed by atoms with Crippen LogP contribution in [0.1, 0.15) is 9.88 Å². The van der Waals surface area contributed by atoms with Crippen molar-refractivity contribution in [2.24, 2.45) is 0 Å². The molecule has 0 bridgehead atoms. The second kappa shape index (κ2) is 4.25. The van der Waals surface area contributed by atoms with Gasteiger partial charge in [-0.3, -0.25) is 0 Å². The quantitative estimate of drug-likeness (QED) is 0.907. The zero-order valence-electron chi connectivity index (χ0n) is 9.40. The highest BCUT2D eigenvalue weighted by atomic mass is 32.1. The van der Waals surface area contributed by atoms with Gasteiger partial charge < -0.3 is 14.8 Å². The molecule has 1 N–H and O–H groups in total. The molecule has 4 nitrogen and oxygen atoms in total. The molecule has 88 valence electrons. The third kappa shape index (κ3) is 2.19. The van der Waals surface area contributed by atoms with Crippen LogP contribution in [0.15, 0.2) is 24.4 Å². The van der Waals surface area contributed by atoms with E-state index < -0.39 is 0 Å². The lowest BCUT2D eigenvalue weighted by Crippen LogP contribution is -1.97. The maximum Gasteiger partial charge on any atom is 0.231 e. The van der Waals surface area contributed by atoms with Gasteiger partial charge in [0.15, 0.2) is 11.5 Å². The number of fused-ring (bicyclic) bond motifs is 1. The first-order valence-electron chi connectivity index (χ1n) is 5.36. The van der Waals surface area contributed by atoms with E-state index in [0.29, 0.717) is 6.79 Å². The molecule has 0 amide bonds. The summed E-state index contributed by atoms with van der Waals surface area (Å²) in [6.07, 6.45) is 1.90. The average molecular weight is 248 g/mol. The van der Waals surface area contributed by atoms with E-state index >= 15 is 0 Å². The maximum absolute atomic E-state index is 5.32. The van der Waals surface area contributed by atoms with Crippen LogP contribution in [0.4, 0.5) is 5.69 Å². The standard InChI is InChI=1S/C12H12N2O2S/c1-8-13-5-10(17-8)6-14-9-2-3-11-12(4-9)16-7-15-11/h2-5,14H,6-7H2,1H3. The molecule has 0 fully saturated rings. The van der Waals surface area contributed by atoms with Gasteiger partial charge in [0, 0.05) is 22.8 Å². The molecule has 0 saturated heterocycles. The second-order valence-electron chi connectivity index (χ2n) is 3.77. The van der Waals surface area contributed by atoms with Gasteiger partial charge in [-0.15, -0.1) is 11.3 Å². The number of anilines is 1. The average Bonchev–Trinajstić information content (AvgIpc) is 2.94. The van der Waals surface area contributed by atoms with E-state index in [1.165, 1.54) is 4.88 Å². The van der Waals surface area contributed by atoms with Crippen LogP contribution in [0.3, 0.4) is 0 Å². The molecule has 0 saturated carbocycles. The fourth-order valence-corrected chi connectivity index (χ4v) is 2.42. The Labute approximate surface area is 103 Å². The number of nitrogens with one attached hydrogen (secondary N) is 1. The van der Waals surface area contributed by atoms with Crippen LogP contribution in [0, 0.1) is 6.92 Å². The number of nitrogens with zero attached hydrogens (tertiary/aromatic N) is 1. The summed E-state index contributed by atoms with van der Waals surface area (Å²) in [7, 11) is 0. The maximum atomic E-state index is 5.32. The number of thiazole rings is 1. The predicted octanol–water partition coefficient (Wildman–Crippen LogP) is 2.79. The van der Waals surface area contributed by atoms with Gasteiger partial charge in [-0.05, 0) is 19.1 Å². The molecule has 0 radical (unpaired) electrons. The Balaban J connectivity index is 1.69. The SMILES string of the molecule is Cc1ncc(CNc2ccc3c(c2)OCO3)s1. The first-order chi connectivity index (χ1) is 8.31. The van der Waals surface area contributed by atoms with Crippen molar-refractivity contribution in [3.8, 4) is 11.5 Å². The fourth-order valence-electron chi connectivity index (χ4n) is 1.68.